The van der Waals surface area contributed by atoms with Gasteiger partial charge in [-0.2, -0.15) is 0 Å². The lowest BCUT2D eigenvalue weighted by Gasteiger charge is -2.26. The molecule has 19 heavy (non-hydrogen) atoms. The van der Waals surface area contributed by atoms with Gasteiger partial charge in [0.15, 0.2) is 0 Å². The fourth-order valence-electron chi connectivity index (χ4n) is 2.23. The number of ether oxygens (including phenoxy) is 1. The lowest BCUT2D eigenvalue weighted by Crippen LogP contribution is -2.31. The maximum Gasteiger partial charge on any atom is 0.0465 e. The van der Waals surface area contributed by atoms with Crippen molar-refractivity contribution in [3.05, 3.63) is 34.9 Å². The summed E-state index contributed by atoms with van der Waals surface area (Å²) in [6.45, 7) is 8.45. The summed E-state index contributed by atoms with van der Waals surface area (Å²) in [5.74, 6) is 1.07. The summed E-state index contributed by atoms with van der Waals surface area (Å²) in [7, 11) is 1.76. The average Bonchev–Trinajstić information content (AvgIpc) is 2.38. The van der Waals surface area contributed by atoms with Crippen LogP contribution in [-0.2, 0) is 4.74 Å². The number of nitrogens with one attached hydrogen (secondary N) is 1. The summed E-state index contributed by atoms with van der Waals surface area (Å²) >= 11 is 5.97. The van der Waals surface area contributed by atoms with Gasteiger partial charge in [-0.25, -0.2) is 0 Å². The molecule has 0 bridgehead atoms. The van der Waals surface area contributed by atoms with E-state index in [4.69, 9.17) is 16.3 Å². The Morgan fingerprint density at radius 2 is 1.79 bits per heavy atom. The quantitative estimate of drug-likeness (QED) is 0.776. The van der Waals surface area contributed by atoms with Crippen LogP contribution in [0.3, 0.4) is 0 Å². The number of hydrogen-bond donors (Lipinski definition) is 1. The van der Waals surface area contributed by atoms with Gasteiger partial charge in [-0.3, -0.25) is 0 Å². The molecule has 0 radical (unpaired) electrons. The van der Waals surface area contributed by atoms with Gasteiger partial charge in [-0.1, -0.05) is 44.5 Å². The molecule has 0 aromatic heterocycles. The van der Waals surface area contributed by atoms with E-state index in [-0.39, 0.29) is 0 Å². The maximum atomic E-state index is 5.97. The van der Waals surface area contributed by atoms with Crippen LogP contribution in [0.1, 0.15) is 38.7 Å². The Morgan fingerprint density at radius 3 is 2.32 bits per heavy atom. The van der Waals surface area contributed by atoms with Crippen molar-refractivity contribution in [3.63, 3.8) is 0 Å². The number of hydrogen-bond acceptors (Lipinski definition) is 2. The van der Waals surface area contributed by atoms with Crippen molar-refractivity contribution in [3.8, 4) is 0 Å². The summed E-state index contributed by atoms with van der Waals surface area (Å²) in [5, 5.41) is 4.34. The first-order valence-electron chi connectivity index (χ1n) is 7.02. The SMILES string of the molecule is COCCC(C)C(CNC(C)C)c1ccc(Cl)cc1. The first-order valence-corrected chi connectivity index (χ1v) is 7.40. The summed E-state index contributed by atoms with van der Waals surface area (Å²) in [5.41, 5.74) is 1.35. The zero-order valence-electron chi connectivity index (χ0n) is 12.4. The first kappa shape index (κ1) is 16.5. The lowest BCUT2D eigenvalue weighted by atomic mass is 9.85. The topological polar surface area (TPSA) is 21.3 Å². The molecule has 0 fully saturated rings. The molecular formula is C16H26ClNO. The molecule has 0 heterocycles. The molecular weight excluding hydrogens is 258 g/mol. The van der Waals surface area contributed by atoms with Gasteiger partial charge in [-0.15, -0.1) is 0 Å². The molecule has 0 spiro atoms. The minimum atomic E-state index is 0.495. The Kier molecular flexibility index (Phi) is 7.44. The van der Waals surface area contributed by atoms with E-state index in [1.807, 2.05) is 12.1 Å². The van der Waals surface area contributed by atoms with Crippen molar-refractivity contribution in [2.24, 2.45) is 5.92 Å². The van der Waals surface area contributed by atoms with Gasteiger partial charge >= 0.3 is 0 Å². The van der Waals surface area contributed by atoms with Gasteiger partial charge in [0.25, 0.3) is 0 Å². The average molecular weight is 284 g/mol. The minimum absolute atomic E-state index is 0.495. The second-order valence-electron chi connectivity index (χ2n) is 5.48. The van der Waals surface area contributed by atoms with Crippen LogP contribution in [-0.4, -0.2) is 26.3 Å². The Labute approximate surface area is 122 Å². The fraction of sp³-hybridized carbons (Fsp3) is 0.625. The zero-order chi connectivity index (χ0) is 14.3. The van der Waals surface area contributed by atoms with E-state index < -0.39 is 0 Å². The third kappa shape index (κ3) is 5.94. The highest BCUT2D eigenvalue weighted by Gasteiger charge is 2.19. The molecule has 2 unspecified atom stereocenters. The molecule has 108 valence electrons. The number of methoxy groups -OCH3 is 1. The van der Waals surface area contributed by atoms with Crippen molar-refractivity contribution in [1.29, 1.82) is 0 Å². The summed E-state index contributed by atoms with van der Waals surface area (Å²) < 4.78 is 5.20. The Morgan fingerprint density at radius 1 is 1.16 bits per heavy atom. The summed E-state index contributed by atoms with van der Waals surface area (Å²) in [6.07, 6.45) is 1.07. The molecule has 0 saturated carbocycles. The van der Waals surface area contributed by atoms with Crippen LogP contribution in [0.4, 0.5) is 0 Å². The van der Waals surface area contributed by atoms with Crippen LogP contribution < -0.4 is 5.32 Å². The standard InChI is InChI=1S/C16H26ClNO/c1-12(2)18-11-16(13(3)9-10-19-4)14-5-7-15(17)8-6-14/h5-8,12-13,16,18H,9-11H2,1-4H3. The van der Waals surface area contributed by atoms with Crippen molar-refractivity contribution in [2.75, 3.05) is 20.3 Å². The third-order valence-electron chi connectivity index (χ3n) is 3.51. The summed E-state index contributed by atoms with van der Waals surface area (Å²) in [4.78, 5) is 0. The Bertz CT molecular complexity index is 350. The highest BCUT2D eigenvalue weighted by molar-refractivity contribution is 6.30. The predicted octanol–water partition coefficient (Wildman–Crippen LogP) is 4.09. The largest absolute Gasteiger partial charge is 0.385 e. The van der Waals surface area contributed by atoms with Crippen LogP contribution in [0.5, 0.6) is 0 Å². The van der Waals surface area contributed by atoms with Crippen LogP contribution in [0.25, 0.3) is 0 Å². The first-order chi connectivity index (χ1) is 9.04. The minimum Gasteiger partial charge on any atom is -0.385 e. The molecule has 2 atom stereocenters. The van der Waals surface area contributed by atoms with Gasteiger partial charge in [0, 0.05) is 31.3 Å². The van der Waals surface area contributed by atoms with Gasteiger partial charge in [-0.05, 0) is 36.0 Å². The molecule has 0 aliphatic rings. The molecule has 0 aliphatic heterocycles. The fourth-order valence-corrected chi connectivity index (χ4v) is 2.35. The van der Waals surface area contributed by atoms with E-state index in [1.165, 1.54) is 5.56 Å². The lowest BCUT2D eigenvalue weighted by molar-refractivity contribution is 0.173. The van der Waals surface area contributed by atoms with E-state index in [9.17, 15) is 0 Å². The van der Waals surface area contributed by atoms with Gasteiger partial charge < -0.3 is 10.1 Å². The maximum absolute atomic E-state index is 5.97. The van der Waals surface area contributed by atoms with E-state index >= 15 is 0 Å². The number of benzene rings is 1. The Balaban J connectivity index is 2.75. The van der Waals surface area contributed by atoms with Crippen molar-refractivity contribution in [1.82, 2.24) is 5.32 Å². The van der Waals surface area contributed by atoms with Gasteiger partial charge in [0.05, 0.1) is 0 Å². The van der Waals surface area contributed by atoms with Crippen LogP contribution in [0.15, 0.2) is 24.3 Å². The highest BCUT2D eigenvalue weighted by atomic mass is 35.5. The second kappa shape index (κ2) is 8.57. The predicted molar refractivity (Wildman–Crippen MR) is 83.0 cm³/mol. The molecule has 1 rings (SSSR count). The molecule has 1 N–H and O–H groups in total. The normalized spacial score (nSPS) is 14.6. The number of rotatable bonds is 8. The molecule has 2 nitrogen and oxygen atoms in total. The van der Waals surface area contributed by atoms with Crippen molar-refractivity contribution in [2.45, 2.75) is 39.2 Å². The molecule has 1 aromatic carbocycles. The van der Waals surface area contributed by atoms with Crippen LogP contribution in [0, 0.1) is 5.92 Å². The van der Waals surface area contributed by atoms with Crippen molar-refractivity contribution >= 4 is 11.6 Å². The smallest absolute Gasteiger partial charge is 0.0465 e. The Hall–Kier alpha value is -0.570. The zero-order valence-corrected chi connectivity index (χ0v) is 13.2. The highest BCUT2D eigenvalue weighted by Crippen LogP contribution is 2.27. The monoisotopic (exact) mass is 283 g/mol. The molecule has 3 heteroatoms. The second-order valence-corrected chi connectivity index (χ2v) is 5.92. The molecule has 0 amide bonds. The van der Waals surface area contributed by atoms with E-state index in [0.29, 0.717) is 17.9 Å². The van der Waals surface area contributed by atoms with E-state index in [0.717, 1.165) is 24.6 Å². The molecule has 0 aliphatic carbocycles. The van der Waals surface area contributed by atoms with Crippen LogP contribution >= 0.6 is 11.6 Å². The van der Waals surface area contributed by atoms with Crippen LogP contribution in [0.2, 0.25) is 5.02 Å². The number of halogens is 1. The van der Waals surface area contributed by atoms with E-state index in [1.54, 1.807) is 7.11 Å². The molecule has 1 aromatic rings. The van der Waals surface area contributed by atoms with Gasteiger partial charge in [0.2, 0.25) is 0 Å². The third-order valence-corrected chi connectivity index (χ3v) is 3.76. The van der Waals surface area contributed by atoms with Gasteiger partial charge in [0.1, 0.15) is 0 Å². The summed E-state index contributed by atoms with van der Waals surface area (Å²) in [6, 6.07) is 8.73. The van der Waals surface area contributed by atoms with Crippen molar-refractivity contribution < 1.29 is 4.74 Å². The van der Waals surface area contributed by atoms with E-state index in [2.05, 4.69) is 38.2 Å². The molecule has 0 saturated heterocycles.